The molecule has 0 aromatic rings. The number of rotatable bonds is 6. The van der Waals surface area contributed by atoms with Crippen molar-refractivity contribution in [1.29, 1.82) is 0 Å². The predicted octanol–water partition coefficient (Wildman–Crippen LogP) is 2.41. The summed E-state index contributed by atoms with van der Waals surface area (Å²) in [5.74, 6) is 1.08. The second-order valence-corrected chi connectivity index (χ2v) is 5.53. The largest absolute Gasteiger partial charge is 0.344 e. The van der Waals surface area contributed by atoms with E-state index in [0.717, 1.165) is 18.9 Å². The second kappa shape index (κ2) is 7.00. The van der Waals surface area contributed by atoms with Crippen LogP contribution in [0.1, 0.15) is 52.9 Å². The van der Waals surface area contributed by atoms with Crippen LogP contribution in [0.5, 0.6) is 0 Å². The minimum atomic E-state index is 0.290. The topological polar surface area (TPSA) is 32.3 Å². The van der Waals surface area contributed by atoms with Gasteiger partial charge in [0.15, 0.2) is 0 Å². The molecule has 3 atom stereocenters. The maximum absolute atomic E-state index is 11.4. The van der Waals surface area contributed by atoms with Crippen LogP contribution in [0, 0.1) is 5.92 Å². The van der Waals surface area contributed by atoms with E-state index in [1.165, 1.54) is 19.3 Å². The Labute approximate surface area is 106 Å². The van der Waals surface area contributed by atoms with Crippen LogP contribution in [0.4, 0.5) is 0 Å². The molecule has 0 aromatic heterocycles. The zero-order chi connectivity index (χ0) is 12.8. The third-order valence-corrected chi connectivity index (χ3v) is 3.97. The van der Waals surface area contributed by atoms with E-state index in [4.69, 9.17) is 0 Å². The molecule has 0 saturated carbocycles. The molecule has 0 aliphatic carbocycles. The molecule has 0 spiro atoms. The lowest BCUT2D eigenvalue weighted by atomic mass is 9.96. The molecule has 1 amide bonds. The van der Waals surface area contributed by atoms with Crippen molar-refractivity contribution in [3.8, 4) is 0 Å². The molecule has 0 bridgehead atoms. The van der Waals surface area contributed by atoms with E-state index in [9.17, 15) is 4.79 Å². The van der Waals surface area contributed by atoms with Gasteiger partial charge in [0, 0.05) is 32.1 Å². The first-order chi connectivity index (χ1) is 8.06. The van der Waals surface area contributed by atoms with Crippen molar-refractivity contribution in [2.45, 2.75) is 65.0 Å². The molecule has 1 aliphatic heterocycles. The van der Waals surface area contributed by atoms with Gasteiger partial charge in [0.1, 0.15) is 0 Å². The van der Waals surface area contributed by atoms with Crippen molar-refractivity contribution < 1.29 is 4.79 Å². The fourth-order valence-electron chi connectivity index (χ4n) is 2.49. The van der Waals surface area contributed by atoms with Gasteiger partial charge < -0.3 is 10.2 Å². The number of carbonyl (C=O) groups is 1. The highest BCUT2D eigenvalue weighted by Crippen LogP contribution is 2.16. The van der Waals surface area contributed by atoms with Gasteiger partial charge in [-0.2, -0.15) is 0 Å². The summed E-state index contributed by atoms with van der Waals surface area (Å²) in [5.41, 5.74) is 0. The van der Waals surface area contributed by atoms with Gasteiger partial charge in [-0.25, -0.2) is 0 Å². The van der Waals surface area contributed by atoms with E-state index in [-0.39, 0.29) is 5.91 Å². The maximum atomic E-state index is 11.4. The zero-order valence-corrected chi connectivity index (χ0v) is 11.8. The standard InChI is InChI=1S/C14H28N2O/c1-5-11(3)9-12(6-2)15-13-7-8-14(17)16(4)10-13/h11-13,15H,5-10H2,1-4H3. The van der Waals surface area contributed by atoms with Crippen LogP contribution in [-0.2, 0) is 4.79 Å². The Balaban J connectivity index is 2.38. The van der Waals surface area contributed by atoms with E-state index in [1.54, 1.807) is 0 Å². The molecule has 0 radical (unpaired) electrons. The molecule has 100 valence electrons. The van der Waals surface area contributed by atoms with E-state index >= 15 is 0 Å². The summed E-state index contributed by atoms with van der Waals surface area (Å²) in [4.78, 5) is 13.3. The van der Waals surface area contributed by atoms with Crippen LogP contribution in [-0.4, -0.2) is 36.5 Å². The van der Waals surface area contributed by atoms with Crippen molar-refractivity contribution in [2.75, 3.05) is 13.6 Å². The first-order valence-corrected chi connectivity index (χ1v) is 7.06. The molecule has 1 aliphatic rings. The number of likely N-dealkylation sites (N-methyl/N-ethyl adjacent to an activating group) is 1. The number of piperidine rings is 1. The third-order valence-electron chi connectivity index (χ3n) is 3.97. The van der Waals surface area contributed by atoms with Crippen molar-refractivity contribution in [1.82, 2.24) is 10.2 Å². The smallest absolute Gasteiger partial charge is 0.222 e. The highest BCUT2D eigenvalue weighted by atomic mass is 16.2. The highest BCUT2D eigenvalue weighted by molar-refractivity contribution is 5.76. The van der Waals surface area contributed by atoms with Crippen molar-refractivity contribution in [2.24, 2.45) is 5.92 Å². The molecular weight excluding hydrogens is 212 g/mol. The predicted molar refractivity (Wildman–Crippen MR) is 71.9 cm³/mol. The maximum Gasteiger partial charge on any atom is 0.222 e. The quantitative estimate of drug-likeness (QED) is 0.773. The van der Waals surface area contributed by atoms with Gasteiger partial charge in [-0.1, -0.05) is 27.2 Å². The summed E-state index contributed by atoms with van der Waals surface area (Å²) in [7, 11) is 1.91. The van der Waals surface area contributed by atoms with E-state index in [0.29, 0.717) is 18.5 Å². The first kappa shape index (κ1) is 14.5. The monoisotopic (exact) mass is 240 g/mol. The number of nitrogens with zero attached hydrogens (tertiary/aromatic N) is 1. The van der Waals surface area contributed by atoms with E-state index < -0.39 is 0 Å². The average molecular weight is 240 g/mol. The van der Waals surface area contributed by atoms with Gasteiger partial charge >= 0.3 is 0 Å². The molecule has 3 unspecified atom stereocenters. The minimum absolute atomic E-state index is 0.290. The Kier molecular flexibility index (Phi) is 5.96. The molecule has 1 heterocycles. The number of nitrogens with one attached hydrogen (secondary N) is 1. The Morgan fingerprint density at radius 3 is 2.65 bits per heavy atom. The summed E-state index contributed by atoms with van der Waals surface area (Å²) >= 11 is 0. The summed E-state index contributed by atoms with van der Waals surface area (Å²) in [6, 6.07) is 1.10. The lowest BCUT2D eigenvalue weighted by Crippen LogP contribution is -2.49. The molecule has 1 N–H and O–H groups in total. The summed E-state index contributed by atoms with van der Waals surface area (Å²) in [6.07, 6.45) is 5.38. The van der Waals surface area contributed by atoms with Gasteiger partial charge in [0.05, 0.1) is 0 Å². The zero-order valence-electron chi connectivity index (χ0n) is 11.8. The Morgan fingerprint density at radius 2 is 2.12 bits per heavy atom. The fourth-order valence-corrected chi connectivity index (χ4v) is 2.49. The van der Waals surface area contributed by atoms with Gasteiger partial charge in [-0.3, -0.25) is 4.79 Å². The van der Waals surface area contributed by atoms with Crippen LogP contribution in [0.25, 0.3) is 0 Å². The normalized spacial score (nSPS) is 24.8. The molecular formula is C14H28N2O. The molecule has 0 aromatic carbocycles. The van der Waals surface area contributed by atoms with E-state index in [1.807, 2.05) is 11.9 Å². The van der Waals surface area contributed by atoms with Crippen LogP contribution in [0.15, 0.2) is 0 Å². The van der Waals surface area contributed by atoms with Crippen LogP contribution < -0.4 is 5.32 Å². The molecule has 1 saturated heterocycles. The number of likely N-dealkylation sites (tertiary alicyclic amines) is 1. The van der Waals surface area contributed by atoms with Crippen molar-refractivity contribution in [3.63, 3.8) is 0 Å². The van der Waals surface area contributed by atoms with Gasteiger partial charge in [0.2, 0.25) is 5.91 Å². The summed E-state index contributed by atoms with van der Waals surface area (Å²) in [6.45, 7) is 7.69. The van der Waals surface area contributed by atoms with Crippen molar-refractivity contribution in [3.05, 3.63) is 0 Å². The number of hydrogen-bond acceptors (Lipinski definition) is 2. The average Bonchev–Trinajstić information content (AvgIpc) is 2.32. The lowest BCUT2D eigenvalue weighted by Gasteiger charge is -2.33. The number of hydrogen-bond donors (Lipinski definition) is 1. The Bertz CT molecular complexity index is 242. The highest BCUT2D eigenvalue weighted by Gasteiger charge is 2.24. The third kappa shape index (κ3) is 4.66. The molecule has 1 rings (SSSR count). The molecule has 17 heavy (non-hydrogen) atoms. The van der Waals surface area contributed by atoms with Gasteiger partial charge in [-0.05, 0) is 25.2 Å². The van der Waals surface area contributed by atoms with Crippen LogP contribution in [0.3, 0.4) is 0 Å². The van der Waals surface area contributed by atoms with Gasteiger partial charge in [-0.15, -0.1) is 0 Å². The Hall–Kier alpha value is -0.570. The second-order valence-electron chi connectivity index (χ2n) is 5.53. The van der Waals surface area contributed by atoms with Crippen LogP contribution in [0.2, 0.25) is 0 Å². The van der Waals surface area contributed by atoms with Crippen LogP contribution >= 0.6 is 0 Å². The summed E-state index contributed by atoms with van der Waals surface area (Å²) < 4.78 is 0. The molecule has 3 heteroatoms. The molecule has 1 fully saturated rings. The SMILES string of the molecule is CCC(C)CC(CC)NC1CCC(=O)N(C)C1. The number of amides is 1. The molecule has 3 nitrogen and oxygen atoms in total. The Morgan fingerprint density at radius 1 is 1.41 bits per heavy atom. The van der Waals surface area contributed by atoms with E-state index in [2.05, 4.69) is 26.1 Å². The minimum Gasteiger partial charge on any atom is -0.344 e. The summed E-state index contributed by atoms with van der Waals surface area (Å²) in [5, 5.41) is 3.73. The number of carbonyl (C=O) groups excluding carboxylic acids is 1. The van der Waals surface area contributed by atoms with Crippen molar-refractivity contribution >= 4 is 5.91 Å². The first-order valence-electron chi connectivity index (χ1n) is 7.06. The van der Waals surface area contributed by atoms with Gasteiger partial charge in [0.25, 0.3) is 0 Å². The lowest BCUT2D eigenvalue weighted by molar-refractivity contribution is -0.132. The fraction of sp³-hybridized carbons (Fsp3) is 0.929.